The molecule has 0 fully saturated rings. The van der Waals surface area contributed by atoms with Gasteiger partial charge in [0.2, 0.25) is 0 Å². The van der Waals surface area contributed by atoms with Crippen LogP contribution in [-0.2, 0) is 0 Å². The first kappa shape index (κ1) is 6.86. The molecule has 0 aromatic carbocycles. The minimum Gasteiger partial charge on any atom is -0.365 e. The molecule has 3 N–H and O–H groups in total. The van der Waals surface area contributed by atoms with E-state index in [2.05, 4.69) is 5.32 Å². The molecule has 0 aliphatic heterocycles. The van der Waals surface area contributed by atoms with Gasteiger partial charge in [0.25, 0.3) is 0 Å². The Morgan fingerprint density at radius 1 is 1.67 bits per heavy atom. The van der Waals surface area contributed by atoms with Crippen LogP contribution in [0.15, 0.2) is 12.1 Å². The van der Waals surface area contributed by atoms with E-state index in [0.717, 1.165) is 9.34 Å². The average Bonchev–Trinajstić information content (AvgIpc) is 2.17. The first-order chi connectivity index (χ1) is 4.33. The molecule has 0 aliphatic rings. The molecule has 0 saturated carbocycles. The number of hydrogen-bond donors (Lipinski definition) is 2. The lowest BCUT2D eigenvalue weighted by Crippen LogP contribution is -2.09. The number of anilines is 1. The molecular weight excluding hydrogens is 156 g/mol. The molecule has 2 nitrogen and oxygen atoms in total. The smallest absolute Gasteiger partial charge is 0.0950 e. The Hall–Kier alpha value is -0.250. The van der Waals surface area contributed by atoms with Crippen LogP contribution in [0.1, 0.15) is 0 Å². The summed E-state index contributed by atoms with van der Waals surface area (Å²) in [6.45, 7) is 0.455. The maximum atomic E-state index is 5.63. The molecule has 0 atom stereocenters. The topological polar surface area (TPSA) is 38.0 Å². The van der Waals surface area contributed by atoms with E-state index in [9.17, 15) is 0 Å². The van der Waals surface area contributed by atoms with Crippen molar-refractivity contribution in [3.8, 4) is 0 Å². The Bertz CT molecular complexity index is 187. The maximum absolute atomic E-state index is 5.63. The van der Waals surface area contributed by atoms with Gasteiger partial charge >= 0.3 is 0 Å². The standard InChI is InChI=1S/C5H7ClN2S/c6-4-1-2-5(9-4)8-3-7/h1-2,8H,3,7H2. The Morgan fingerprint density at radius 2 is 2.44 bits per heavy atom. The van der Waals surface area contributed by atoms with E-state index in [1.165, 1.54) is 11.3 Å². The highest BCUT2D eigenvalue weighted by molar-refractivity contribution is 7.19. The highest BCUT2D eigenvalue weighted by atomic mass is 35.5. The van der Waals surface area contributed by atoms with Crippen LogP contribution < -0.4 is 11.1 Å². The molecule has 0 amide bonds. The summed E-state index contributed by atoms with van der Waals surface area (Å²) < 4.78 is 0.783. The minimum atomic E-state index is 0.455. The zero-order valence-electron chi connectivity index (χ0n) is 4.73. The third-order valence-corrected chi connectivity index (χ3v) is 2.04. The molecule has 1 aromatic heterocycles. The van der Waals surface area contributed by atoms with Crippen molar-refractivity contribution in [2.24, 2.45) is 5.73 Å². The second-order valence-electron chi connectivity index (χ2n) is 1.48. The molecule has 1 aromatic rings. The summed E-state index contributed by atoms with van der Waals surface area (Å²) in [6.07, 6.45) is 0. The molecule has 0 aliphatic carbocycles. The minimum absolute atomic E-state index is 0.455. The van der Waals surface area contributed by atoms with Crippen molar-refractivity contribution in [1.29, 1.82) is 0 Å². The lowest BCUT2D eigenvalue weighted by atomic mass is 10.6. The van der Waals surface area contributed by atoms with Gasteiger partial charge in [-0.1, -0.05) is 11.6 Å². The van der Waals surface area contributed by atoms with E-state index >= 15 is 0 Å². The van der Waals surface area contributed by atoms with Crippen LogP contribution in [0.3, 0.4) is 0 Å². The van der Waals surface area contributed by atoms with Gasteiger partial charge in [0.15, 0.2) is 0 Å². The summed E-state index contributed by atoms with van der Waals surface area (Å²) in [5.74, 6) is 0. The molecule has 9 heavy (non-hydrogen) atoms. The van der Waals surface area contributed by atoms with Crippen LogP contribution in [-0.4, -0.2) is 6.67 Å². The van der Waals surface area contributed by atoms with E-state index in [-0.39, 0.29) is 0 Å². The molecule has 0 saturated heterocycles. The highest BCUT2D eigenvalue weighted by Gasteiger charge is 1.92. The molecule has 1 rings (SSSR count). The van der Waals surface area contributed by atoms with Crippen LogP contribution in [0, 0.1) is 0 Å². The number of nitrogens with two attached hydrogens (primary N) is 1. The lowest BCUT2D eigenvalue weighted by Gasteiger charge is -1.93. The fourth-order valence-electron chi connectivity index (χ4n) is 0.510. The first-order valence-electron chi connectivity index (χ1n) is 2.52. The Balaban J connectivity index is 2.61. The average molecular weight is 163 g/mol. The van der Waals surface area contributed by atoms with Crippen LogP contribution in [0.2, 0.25) is 4.34 Å². The third kappa shape index (κ3) is 1.86. The van der Waals surface area contributed by atoms with Gasteiger partial charge in [-0.15, -0.1) is 11.3 Å². The monoisotopic (exact) mass is 162 g/mol. The quantitative estimate of drug-likeness (QED) is 0.651. The van der Waals surface area contributed by atoms with Gasteiger partial charge in [0.1, 0.15) is 0 Å². The molecule has 0 unspecified atom stereocenters. The molecule has 0 bridgehead atoms. The summed E-state index contributed by atoms with van der Waals surface area (Å²) in [6, 6.07) is 3.74. The molecule has 4 heteroatoms. The van der Waals surface area contributed by atoms with Crippen molar-refractivity contribution in [3.63, 3.8) is 0 Å². The molecule has 1 heterocycles. The van der Waals surface area contributed by atoms with Gasteiger partial charge in [0, 0.05) is 0 Å². The predicted octanol–water partition coefficient (Wildman–Crippen LogP) is 1.73. The van der Waals surface area contributed by atoms with E-state index in [1.807, 2.05) is 12.1 Å². The third-order valence-electron chi connectivity index (χ3n) is 0.849. The van der Waals surface area contributed by atoms with Gasteiger partial charge in [-0.05, 0) is 12.1 Å². The van der Waals surface area contributed by atoms with E-state index in [0.29, 0.717) is 6.67 Å². The van der Waals surface area contributed by atoms with E-state index in [4.69, 9.17) is 17.3 Å². The number of hydrogen-bond acceptors (Lipinski definition) is 3. The van der Waals surface area contributed by atoms with Crippen molar-refractivity contribution in [3.05, 3.63) is 16.5 Å². The van der Waals surface area contributed by atoms with Crippen LogP contribution in [0.4, 0.5) is 5.00 Å². The van der Waals surface area contributed by atoms with E-state index < -0.39 is 0 Å². The normalized spacial score (nSPS) is 9.56. The van der Waals surface area contributed by atoms with Crippen LogP contribution >= 0.6 is 22.9 Å². The summed E-state index contributed by atoms with van der Waals surface area (Å²) >= 11 is 7.12. The first-order valence-corrected chi connectivity index (χ1v) is 3.71. The van der Waals surface area contributed by atoms with Crippen molar-refractivity contribution in [2.45, 2.75) is 0 Å². The fourth-order valence-corrected chi connectivity index (χ4v) is 1.46. The van der Waals surface area contributed by atoms with Crippen LogP contribution in [0.5, 0.6) is 0 Å². The second kappa shape index (κ2) is 3.06. The summed E-state index contributed by atoms with van der Waals surface area (Å²) in [5, 5.41) is 3.96. The predicted molar refractivity (Wildman–Crippen MR) is 42.0 cm³/mol. The SMILES string of the molecule is NCNc1ccc(Cl)s1. The molecular formula is C5H7ClN2S. The number of halogens is 1. The molecule has 0 spiro atoms. The summed E-state index contributed by atoms with van der Waals surface area (Å²) in [5.41, 5.74) is 5.22. The molecule has 50 valence electrons. The highest BCUT2D eigenvalue weighted by Crippen LogP contribution is 2.25. The largest absolute Gasteiger partial charge is 0.365 e. The van der Waals surface area contributed by atoms with Gasteiger partial charge in [-0.25, -0.2) is 0 Å². The van der Waals surface area contributed by atoms with E-state index in [1.54, 1.807) is 0 Å². The van der Waals surface area contributed by atoms with Gasteiger partial charge in [0.05, 0.1) is 16.0 Å². The summed E-state index contributed by atoms with van der Waals surface area (Å²) in [4.78, 5) is 0. The van der Waals surface area contributed by atoms with Gasteiger partial charge in [-0.2, -0.15) is 0 Å². The van der Waals surface area contributed by atoms with Crippen molar-refractivity contribution in [2.75, 3.05) is 12.0 Å². The van der Waals surface area contributed by atoms with Crippen molar-refractivity contribution < 1.29 is 0 Å². The van der Waals surface area contributed by atoms with Crippen molar-refractivity contribution >= 4 is 27.9 Å². The molecule has 0 radical (unpaired) electrons. The fraction of sp³-hybridized carbons (Fsp3) is 0.200. The maximum Gasteiger partial charge on any atom is 0.0950 e. The second-order valence-corrected chi connectivity index (χ2v) is 3.20. The van der Waals surface area contributed by atoms with Crippen molar-refractivity contribution in [1.82, 2.24) is 0 Å². The number of thiophene rings is 1. The van der Waals surface area contributed by atoms with Gasteiger partial charge < -0.3 is 11.1 Å². The van der Waals surface area contributed by atoms with Gasteiger partial charge in [-0.3, -0.25) is 0 Å². The number of nitrogens with one attached hydrogen (secondary N) is 1. The van der Waals surface area contributed by atoms with Crippen LogP contribution in [0.25, 0.3) is 0 Å². The zero-order valence-corrected chi connectivity index (χ0v) is 6.30. The Kier molecular flexibility index (Phi) is 2.33. The Labute approximate surface area is 62.6 Å². The number of rotatable bonds is 2. The Morgan fingerprint density at radius 3 is 2.89 bits per heavy atom. The summed E-state index contributed by atoms with van der Waals surface area (Å²) in [7, 11) is 0. The zero-order chi connectivity index (χ0) is 6.69. The lowest BCUT2D eigenvalue weighted by molar-refractivity contribution is 1.15.